The van der Waals surface area contributed by atoms with Crippen molar-refractivity contribution in [1.29, 1.82) is 0 Å². The number of amides is 1. The minimum atomic E-state index is -0.357. The Bertz CT molecular complexity index is 373. The summed E-state index contributed by atoms with van der Waals surface area (Å²) in [7, 11) is 1.35. The monoisotopic (exact) mass is 239 g/mol. The zero-order valence-corrected chi connectivity index (χ0v) is 9.97. The van der Waals surface area contributed by atoms with E-state index in [0.29, 0.717) is 12.0 Å². The molecular weight excluding hydrogens is 222 g/mol. The lowest BCUT2D eigenvalue weighted by molar-refractivity contribution is -0.115. The van der Waals surface area contributed by atoms with Crippen molar-refractivity contribution < 1.29 is 19.4 Å². The van der Waals surface area contributed by atoms with E-state index in [0.717, 1.165) is 5.56 Å². The van der Waals surface area contributed by atoms with Crippen LogP contribution in [0.25, 0.3) is 0 Å². The lowest BCUT2D eigenvalue weighted by atomic mass is 10.1. The third-order valence-corrected chi connectivity index (χ3v) is 1.80. The fourth-order valence-electron chi connectivity index (χ4n) is 1.17. The van der Waals surface area contributed by atoms with Crippen molar-refractivity contribution in [2.45, 2.75) is 13.3 Å². The zero-order valence-electron chi connectivity index (χ0n) is 9.97. The quantitative estimate of drug-likeness (QED) is 0.751. The molecular formula is C12H17NO4. The first-order valence-electron chi connectivity index (χ1n) is 5.06. The number of nitrogens with two attached hydrogens (primary N) is 1. The van der Waals surface area contributed by atoms with Gasteiger partial charge in [0.05, 0.1) is 12.7 Å². The Hall–Kier alpha value is -1.88. The minimum absolute atomic E-state index is 0.0357. The number of aliphatic hydroxyl groups excluding tert-OH is 1. The van der Waals surface area contributed by atoms with Gasteiger partial charge in [0, 0.05) is 13.5 Å². The first-order valence-corrected chi connectivity index (χ1v) is 5.06. The highest BCUT2D eigenvalue weighted by atomic mass is 16.5. The number of hydrogen-bond donors (Lipinski definition) is 2. The Kier molecular flexibility index (Phi) is 7.38. The number of hydrogen-bond acceptors (Lipinski definition) is 4. The van der Waals surface area contributed by atoms with E-state index in [4.69, 9.17) is 5.11 Å². The van der Waals surface area contributed by atoms with Crippen LogP contribution in [0.3, 0.4) is 0 Å². The van der Waals surface area contributed by atoms with Gasteiger partial charge in [-0.15, -0.1) is 0 Å². The van der Waals surface area contributed by atoms with Gasteiger partial charge in [-0.25, -0.2) is 4.79 Å². The summed E-state index contributed by atoms with van der Waals surface area (Å²) in [6.07, 6.45) is 0.477. The molecule has 0 bridgehead atoms. The molecule has 1 amide bonds. The van der Waals surface area contributed by atoms with Crippen molar-refractivity contribution in [3.63, 3.8) is 0 Å². The molecule has 94 valence electrons. The number of ether oxygens (including phenoxy) is 1. The van der Waals surface area contributed by atoms with E-state index in [1.54, 1.807) is 12.1 Å². The standard InChI is InChI=1S/C10H12O3.C2H5NO/c1-13-10(12)9-5-3-2-4-8(9)6-7-11;1-2(3)4/h2-5,11H,6-7H2,1H3;1H3,(H2,3,4). The van der Waals surface area contributed by atoms with Crippen molar-refractivity contribution in [3.8, 4) is 0 Å². The van der Waals surface area contributed by atoms with E-state index >= 15 is 0 Å². The van der Waals surface area contributed by atoms with Crippen LogP contribution < -0.4 is 5.73 Å². The fraction of sp³-hybridized carbons (Fsp3) is 0.333. The van der Waals surface area contributed by atoms with Gasteiger partial charge >= 0.3 is 5.97 Å². The van der Waals surface area contributed by atoms with Gasteiger partial charge in [-0.3, -0.25) is 4.79 Å². The maximum Gasteiger partial charge on any atom is 0.338 e. The Balaban J connectivity index is 0.000000557. The second kappa shape index (κ2) is 8.29. The molecule has 0 heterocycles. The van der Waals surface area contributed by atoms with Gasteiger partial charge in [0.2, 0.25) is 5.91 Å². The first kappa shape index (κ1) is 15.1. The Morgan fingerprint density at radius 2 is 1.88 bits per heavy atom. The van der Waals surface area contributed by atoms with E-state index in [2.05, 4.69) is 10.5 Å². The van der Waals surface area contributed by atoms with E-state index in [9.17, 15) is 9.59 Å². The molecule has 0 saturated heterocycles. The number of rotatable bonds is 3. The third kappa shape index (κ3) is 6.32. The second-order valence-electron chi connectivity index (χ2n) is 3.23. The van der Waals surface area contributed by atoms with E-state index in [1.807, 2.05) is 12.1 Å². The van der Waals surface area contributed by atoms with Crippen molar-refractivity contribution in [2.75, 3.05) is 13.7 Å². The van der Waals surface area contributed by atoms with Crippen LogP contribution in [0.5, 0.6) is 0 Å². The zero-order chi connectivity index (χ0) is 13.3. The lowest BCUT2D eigenvalue weighted by Gasteiger charge is -2.05. The van der Waals surface area contributed by atoms with E-state index in [-0.39, 0.29) is 18.5 Å². The summed E-state index contributed by atoms with van der Waals surface area (Å²) in [5, 5.41) is 8.75. The predicted octanol–water partition coefficient (Wildman–Crippen LogP) is 0.500. The molecule has 1 aromatic carbocycles. The summed E-state index contributed by atoms with van der Waals surface area (Å²) in [5.41, 5.74) is 5.82. The van der Waals surface area contributed by atoms with Crippen molar-refractivity contribution >= 4 is 11.9 Å². The minimum Gasteiger partial charge on any atom is -0.465 e. The normalized spacial score (nSPS) is 8.88. The highest BCUT2D eigenvalue weighted by Crippen LogP contribution is 2.10. The highest BCUT2D eigenvalue weighted by molar-refractivity contribution is 5.90. The highest BCUT2D eigenvalue weighted by Gasteiger charge is 2.09. The summed E-state index contributed by atoms with van der Waals surface area (Å²) in [6, 6.07) is 7.10. The number of benzene rings is 1. The van der Waals surface area contributed by atoms with Gasteiger partial charge in [-0.1, -0.05) is 18.2 Å². The van der Waals surface area contributed by atoms with Crippen LogP contribution in [0, 0.1) is 0 Å². The van der Waals surface area contributed by atoms with E-state index in [1.165, 1.54) is 14.0 Å². The first-order chi connectivity index (χ1) is 8.02. The van der Waals surface area contributed by atoms with Crippen LogP contribution in [0.15, 0.2) is 24.3 Å². The van der Waals surface area contributed by atoms with Crippen molar-refractivity contribution in [2.24, 2.45) is 5.73 Å². The average molecular weight is 239 g/mol. The molecule has 0 unspecified atom stereocenters. The molecule has 0 aromatic heterocycles. The van der Waals surface area contributed by atoms with Gasteiger partial charge in [0.25, 0.3) is 0 Å². The molecule has 0 fully saturated rings. The van der Waals surface area contributed by atoms with Crippen LogP contribution in [-0.4, -0.2) is 30.7 Å². The van der Waals surface area contributed by atoms with Crippen LogP contribution in [0.1, 0.15) is 22.8 Å². The lowest BCUT2D eigenvalue weighted by Crippen LogP contribution is -2.06. The van der Waals surface area contributed by atoms with Crippen molar-refractivity contribution in [3.05, 3.63) is 35.4 Å². The molecule has 0 aliphatic carbocycles. The van der Waals surface area contributed by atoms with Gasteiger partial charge in [0.1, 0.15) is 0 Å². The van der Waals surface area contributed by atoms with Gasteiger partial charge in [-0.05, 0) is 18.1 Å². The van der Waals surface area contributed by atoms with Gasteiger partial charge in [0.15, 0.2) is 0 Å². The SMILES string of the molecule is CC(N)=O.COC(=O)c1ccccc1CCO. The van der Waals surface area contributed by atoms with Crippen LogP contribution in [0.4, 0.5) is 0 Å². The summed E-state index contributed by atoms with van der Waals surface area (Å²) in [5.74, 6) is -0.691. The van der Waals surface area contributed by atoms with E-state index < -0.39 is 0 Å². The third-order valence-electron chi connectivity index (χ3n) is 1.80. The Morgan fingerprint density at radius 1 is 1.35 bits per heavy atom. The Morgan fingerprint density at radius 3 is 2.35 bits per heavy atom. The maximum atomic E-state index is 11.2. The topological polar surface area (TPSA) is 89.6 Å². The molecule has 5 heteroatoms. The molecule has 3 N–H and O–H groups in total. The van der Waals surface area contributed by atoms with Gasteiger partial charge in [-0.2, -0.15) is 0 Å². The number of aliphatic hydroxyl groups is 1. The molecule has 17 heavy (non-hydrogen) atoms. The summed E-state index contributed by atoms with van der Waals surface area (Å²) in [4.78, 5) is 20.4. The summed E-state index contributed by atoms with van der Waals surface area (Å²) >= 11 is 0. The fourth-order valence-corrected chi connectivity index (χ4v) is 1.17. The molecule has 0 atom stereocenters. The number of primary amides is 1. The number of carbonyl (C=O) groups excluding carboxylic acids is 2. The number of carbonyl (C=O) groups is 2. The van der Waals surface area contributed by atoms with Crippen LogP contribution in [-0.2, 0) is 16.0 Å². The molecule has 0 saturated carbocycles. The smallest absolute Gasteiger partial charge is 0.338 e. The maximum absolute atomic E-state index is 11.2. The molecule has 0 spiro atoms. The van der Waals surface area contributed by atoms with Crippen molar-refractivity contribution in [1.82, 2.24) is 0 Å². The summed E-state index contributed by atoms with van der Waals surface area (Å²) in [6.45, 7) is 1.34. The molecule has 5 nitrogen and oxygen atoms in total. The average Bonchev–Trinajstić information content (AvgIpc) is 2.28. The second-order valence-corrected chi connectivity index (χ2v) is 3.23. The molecule has 0 radical (unpaired) electrons. The number of esters is 1. The van der Waals surface area contributed by atoms with Crippen LogP contribution >= 0.6 is 0 Å². The largest absolute Gasteiger partial charge is 0.465 e. The van der Waals surface area contributed by atoms with Crippen LogP contribution in [0.2, 0.25) is 0 Å². The number of methoxy groups -OCH3 is 1. The summed E-state index contributed by atoms with van der Waals surface area (Å²) < 4.78 is 4.60. The predicted molar refractivity (Wildman–Crippen MR) is 63.4 cm³/mol. The molecule has 0 aliphatic rings. The molecule has 0 aliphatic heterocycles. The van der Waals surface area contributed by atoms with Gasteiger partial charge < -0.3 is 15.6 Å². The Labute approximate surface area is 100 Å². The molecule has 1 rings (SSSR count). The molecule has 1 aromatic rings.